The lowest BCUT2D eigenvalue weighted by Gasteiger charge is -2.38. The van der Waals surface area contributed by atoms with Crippen molar-refractivity contribution in [3.63, 3.8) is 0 Å². The molecule has 1 fully saturated rings. The second kappa shape index (κ2) is 7.95. The quantitative estimate of drug-likeness (QED) is 0.856. The smallest absolute Gasteiger partial charge is 0.231 e. The van der Waals surface area contributed by atoms with Gasteiger partial charge in [0.1, 0.15) is 0 Å². The molecule has 2 atom stereocenters. The summed E-state index contributed by atoms with van der Waals surface area (Å²) in [5, 5.41) is 3.67. The number of hydrogen-bond acceptors (Lipinski definition) is 5. The summed E-state index contributed by atoms with van der Waals surface area (Å²) < 4.78 is 16.3. The van der Waals surface area contributed by atoms with E-state index in [1.54, 1.807) is 7.11 Å². The summed E-state index contributed by atoms with van der Waals surface area (Å²) in [6.45, 7) is 6.81. The Morgan fingerprint density at radius 1 is 1.36 bits per heavy atom. The fraction of sp³-hybridized carbons (Fsp3) is 0.632. The third kappa shape index (κ3) is 3.84. The zero-order chi connectivity index (χ0) is 17.8. The average molecular weight is 348 g/mol. The largest absolute Gasteiger partial charge is 0.493 e. The van der Waals surface area contributed by atoms with Gasteiger partial charge < -0.3 is 24.4 Å². The summed E-state index contributed by atoms with van der Waals surface area (Å²) in [5.41, 5.74) is 1.11. The molecule has 6 nitrogen and oxygen atoms in total. The van der Waals surface area contributed by atoms with Gasteiger partial charge in [-0.05, 0) is 30.0 Å². The van der Waals surface area contributed by atoms with Crippen LogP contribution in [0.1, 0.15) is 38.7 Å². The zero-order valence-corrected chi connectivity index (χ0v) is 15.3. The number of amides is 1. The van der Waals surface area contributed by atoms with Crippen LogP contribution < -0.4 is 19.5 Å². The highest BCUT2D eigenvalue weighted by atomic mass is 16.7. The average Bonchev–Trinajstić information content (AvgIpc) is 3.13. The van der Waals surface area contributed by atoms with Gasteiger partial charge in [0.2, 0.25) is 18.4 Å². The van der Waals surface area contributed by atoms with Gasteiger partial charge in [0.15, 0.2) is 11.5 Å². The van der Waals surface area contributed by atoms with Crippen molar-refractivity contribution in [2.24, 2.45) is 5.92 Å². The first-order valence-corrected chi connectivity index (χ1v) is 9.13. The van der Waals surface area contributed by atoms with Crippen LogP contribution in [0, 0.1) is 5.92 Å². The number of carbonyl (C=O) groups is 1. The third-order valence-electron chi connectivity index (χ3n) is 5.20. The lowest BCUT2D eigenvalue weighted by atomic mass is 9.89. The van der Waals surface area contributed by atoms with Crippen LogP contribution in [0.15, 0.2) is 12.1 Å². The van der Waals surface area contributed by atoms with Crippen LogP contribution in [0.3, 0.4) is 0 Å². The van der Waals surface area contributed by atoms with Gasteiger partial charge >= 0.3 is 0 Å². The molecular weight excluding hydrogens is 320 g/mol. The predicted molar refractivity (Wildman–Crippen MR) is 95.0 cm³/mol. The van der Waals surface area contributed by atoms with Crippen molar-refractivity contribution in [2.75, 3.05) is 27.0 Å². The summed E-state index contributed by atoms with van der Waals surface area (Å²) >= 11 is 0. The maximum atomic E-state index is 12.0. The van der Waals surface area contributed by atoms with Gasteiger partial charge in [0, 0.05) is 32.1 Å². The molecule has 0 aromatic heterocycles. The molecule has 2 aliphatic rings. The van der Waals surface area contributed by atoms with Crippen LogP contribution in [0.2, 0.25) is 0 Å². The van der Waals surface area contributed by atoms with E-state index in [-0.39, 0.29) is 12.7 Å². The van der Waals surface area contributed by atoms with Crippen molar-refractivity contribution in [3.8, 4) is 17.2 Å². The maximum Gasteiger partial charge on any atom is 0.231 e. The van der Waals surface area contributed by atoms with Gasteiger partial charge in [-0.2, -0.15) is 0 Å². The van der Waals surface area contributed by atoms with Gasteiger partial charge in [-0.25, -0.2) is 0 Å². The van der Waals surface area contributed by atoms with E-state index in [0.717, 1.165) is 43.8 Å². The van der Waals surface area contributed by atoms with Gasteiger partial charge in [-0.3, -0.25) is 4.79 Å². The third-order valence-corrected chi connectivity index (χ3v) is 5.20. The topological polar surface area (TPSA) is 60.0 Å². The standard InChI is InChI=1S/C19H28N2O4/c1-4-14-11-21(18(22)5-2)7-6-15(14)20-10-13-8-16(23-3)19-17(9-13)24-12-25-19/h8-9,14-15,20H,4-7,10-12H2,1-3H3/t14-,15-/m1/s1. The lowest BCUT2D eigenvalue weighted by molar-refractivity contribution is -0.133. The molecule has 1 N–H and O–H groups in total. The summed E-state index contributed by atoms with van der Waals surface area (Å²) in [4.78, 5) is 14.0. The number of nitrogens with zero attached hydrogens (tertiary/aromatic N) is 1. The first kappa shape index (κ1) is 17.9. The zero-order valence-electron chi connectivity index (χ0n) is 15.3. The molecule has 0 saturated carbocycles. The van der Waals surface area contributed by atoms with E-state index >= 15 is 0 Å². The lowest BCUT2D eigenvalue weighted by Crippen LogP contribution is -2.50. The highest BCUT2D eigenvalue weighted by molar-refractivity contribution is 5.75. The van der Waals surface area contributed by atoms with Gasteiger partial charge in [0.25, 0.3) is 0 Å². The molecule has 1 saturated heterocycles. The van der Waals surface area contributed by atoms with Gasteiger partial charge in [-0.15, -0.1) is 0 Å². The van der Waals surface area contributed by atoms with E-state index in [9.17, 15) is 4.79 Å². The molecule has 1 amide bonds. The molecular formula is C19H28N2O4. The van der Waals surface area contributed by atoms with E-state index in [1.165, 1.54) is 0 Å². The van der Waals surface area contributed by atoms with Crippen LogP contribution in [-0.4, -0.2) is 43.8 Å². The Labute approximate surface area is 149 Å². The second-order valence-corrected chi connectivity index (χ2v) is 6.67. The number of ether oxygens (including phenoxy) is 3. The minimum atomic E-state index is 0.240. The van der Waals surface area contributed by atoms with Crippen LogP contribution in [0.25, 0.3) is 0 Å². The van der Waals surface area contributed by atoms with Crippen molar-refractivity contribution in [2.45, 2.75) is 45.7 Å². The molecule has 0 bridgehead atoms. The maximum absolute atomic E-state index is 12.0. The number of methoxy groups -OCH3 is 1. The molecule has 1 aromatic rings. The van der Waals surface area contributed by atoms with E-state index < -0.39 is 0 Å². The molecule has 2 heterocycles. The highest BCUT2D eigenvalue weighted by Gasteiger charge is 2.29. The minimum Gasteiger partial charge on any atom is -0.493 e. The van der Waals surface area contributed by atoms with Crippen molar-refractivity contribution in [1.29, 1.82) is 0 Å². The Hall–Kier alpha value is -1.95. The number of rotatable bonds is 6. The summed E-state index contributed by atoms with van der Waals surface area (Å²) in [6, 6.07) is 4.42. The molecule has 0 aliphatic carbocycles. The number of carbonyl (C=O) groups excluding carboxylic acids is 1. The Morgan fingerprint density at radius 2 is 2.20 bits per heavy atom. The van der Waals surface area contributed by atoms with E-state index in [1.807, 2.05) is 24.0 Å². The molecule has 0 spiro atoms. The number of hydrogen-bond donors (Lipinski definition) is 1. The van der Waals surface area contributed by atoms with Crippen LogP contribution in [-0.2, 0) is 11.3 Å². The predicted octanol–water partition coefficient (Wildman–Crippen LogP) is 2.55. The molecule has 1 aromatic carbocycles. The van der Waals surface area contributed by atoms with Crippen LogP contribution in [0.5, 0.6) is 17.2 Å². The SMILES string of the molecule is CCC(=O)N1CC[C@@H](NCc2cc(OC)c3c(c2)OCO3)[C@H](CC)C1. The minimum absolute atomic E-state index is 0.240. The number of likely N-dealkylation sites (tertiary alicyclic amines) is 1. The van der Waals surface area contributed by atoms with Gasteiger partial charge in [0.05, 0.1) is 7.11 Å². The first-order valence-electron chi connectivity index (χ1n) is 9.13. The Kier molecular flexibility index (Phi) is 5.68. The van der Waals surface area contributed by atoms with Crippen molar-refractivity contribution in [1.82, 2.24) is 10.2 Å². The van der Waals surface area contributed by atoms with E-state index in [4.69, 9.17) is 14.2 Å². The molecule has 6 heteroatoms. The fourth-order valence-corrected chi connectivity index (χ4v) is 3.70. The van der Waals surface area contributed by atoms with E-state index in [2.05, 4.69) is 12.2 Å². The summed E-state index contributed by atoms with van der Waals surface area (Å²) in [5.74, 6) is 2.88. The molecule has 2 aliphatic heterocycles. The molecule has 25 heavy (non-hydrogen) atoms. The van der Waals surface area contributed by atoms with Crippen molar-refractivity contribution < 1.29 is 19.0 Å². The van der Waals surface area contributed by atoms with Crippen LogP contribution in [0.4, 0.5) is 0 Å². The van der Waals surface area contributed by atoms with Gasteiger partial charge in [-0.1, -0.05) is 20.3 Å². The molecule has 3 rings (SSSR count). The summed E-state index contributed by atoms with van der Waals surface area (Å²) in [6.07, 6.45) is 2.65. The number of nitrogens with one attached hydrogen (secondary N) is 1. The number of piperidine rings is 1. The number of fused-ring (bicyclic) bond motifs is 1. The Morgan fingerprint density at radius 3 is 2.92 bits per heavy atom. The molecule has 0 unspecified atom stereocenters. The molecule has 138 valence electrons. The van der Waals surface area contributed by atoms with Crippen molar-refractivity contribution >= 4 is 5.91 Å². The second-order valence-electron chi connectivity index (χ2n) is 6.67. The van der Waals surface area contributed by atoms with Crippen LogP contribution >= 0.6 is 0 Å². The highest BCUT2D eigenvalue weighted by Crippen LogP contribution is 2.41. The normalized spacial score (nSPS) is 22.1. The molecule has 0 radical (unpaired) electrons. The Balaban J connectivity index is 1.62. The fourth-order valence-electron chi connectivity index (χ4n) is 3.70. The Bertz CT molecular complexity index is 620. The monoisotopic (exact) mass is 348 g/mol. The summed E-state index contributed by atoms with van der Waals surface area (Å²) in [7, 11) is 1.64. The van der Waals surface area contributed by atoms with Crippen molar-refractivity contribution in [3.05, 3.63) is 17.7 Å². The number of benzene rings is 1. The van der Waals surface area contributed by atoms with E-state index in [0.29, 0.717) is 29.9 Å². The first-order chi connectivity index (χ1) is 12.2.